The monoisotopic (exact) mass is 1160 g/mol. The molecule has 0 amide bonds. The SMILES string of the molecule is CC(C(C)(C)C)C(C)(C)C.CC(C)(C)C(=O)C(C)(C)C.CC(C)(C)C(C)(C)C(C)(C)C.CC(C)(C)C(C)(c1ccccc1)C(C)(C)C.CC(C)(C)C(c1ccccc1)C(C)(C)C.CC(C)(C)OC(C)(C)C.CCC(C)(C(C)(C)C)C(C)(C)C. The van der Waals surface area contributed by atoms with Gasteiger partial charge < -0.3 is 4.74 Å². The van der Waals surface area contributed by atoms with E-state index in [1.165, 1.54) is 17.5 Å². The summed E-state index contributed by atoms with van der Waals surface area (Å²) in [6.45, 7) is 108. The maximum Gasteiger partial charge on any atom is 0.143 e. The molecule has 494 valence electrons. The summed E-state index contributed by atoms with van der Waals surface area (Å²) in [6.07, 6.45) is 1.25. The Balaban J connectivity index is -0.000000288. The summed E-state index contributed by atoms with van der Waals surface area (Å²) in [4.78, 5) is 11.5. The van der Waals surface area contributed by atoms with Gasteiger partial charge in [-0.25, -0.2) is 0 Å². The van der Waals surface area contributed by atoms with Crippen molar-refractivity contribution in [3.63, 3.8) is 0 Å². The molecule has 0 aliphatic rings. The average Bonchev–Trinajstić information content (AvgIpc) is 3.18. The Morgan fingerprint density at radius 2 is 0.602 bits per heavy atom. The molecule has 0 heterocycles. The molecule has 0 atom stereocenters. The van der Waals surface area contributed by atoms with E-state index in [0.717, 1.165) is 5.92 Å². The molecule has 0 saturated carbocycles. The highest BCUT2D eigenvalue weighted by Gasteiger charge is 2.48. The Morgan fingerprint density at radius 1 is 0.349 bits per heavy atom. The van der Waals surface area contributed by atoms with Crippen LogP contribution in [0.4, 0.5) is 0 Å². The smallest absolute Gasteiger partial charge is 0.143 e. The van der Waals surface area contributed by atoms with Crippen molar-refractivity contribution >= 4 is 5.78 Å². The number of hydrogen-bond acceptors (Lipinski definition) is 2. The fourth-order valence-electron chi connectivity index (χ4n) is 12.4. The quantitative estimate of drug-likeness (QED) is 0.306. The molecule has 2 nitrogen and oxygen atoms in total. The molecular formula is C81H158O2. The molecule has 0 aromatic heterocycles. The molecule has 0 saturated heterocycles. The van der Waals surface area contributed by atoms with Crippen molar-refractivity contribution in [2.24, 2.45) is 81.7 Å². The van der Waals surface area contributed by atoms with Crippen molar-refractivity contribution in [2.75, 3.05) is 0 Å². The summed E-state index contributed by atoms with van der Waals surface area (Å²) < 4.78 is 5.62. The first-order valence-electron chi connectivity index (χ1n) is 32.8. The first kappa shape index (κ1) is 89.8. The van der Waals surface area contributed by atoms with Crippen LogP contribution in [0.25, 0.3) is 0 Å². The van der Waals surface area contributed by atoms with Crippen LogP contribution in [0.1, 0.15) is 356 Å². The highest BCUT2D eigenvalue weighted by Crippen LogP contribution is 2.55. The van der Waals surface area contributed by atoms with Crippen LogP contribution >= 0.6 is 0 Å². The Labute approximate surface area is 527 Å². The van der Waals surface area contributed by atoms with E-state index in [1.807, 2.05) is 41.5 Å². The number of rotatable bonds is 3. The number of benzene rings is 2. The lowest BCUT2D eigenvalue weighted by molar-refractivity contribution is -0.134. The normalized spacial score (nSPS) is 14.1. The molecule has 0 fully saturated rings. The molecule has 0 radical (unpaired) electrons. The van der Waals surface area contributed by atoms with Gasteiger partial charge in [-0.15, -0.1) is 0 Å². The van der Waals surface area contributed by atoms with E-state index in [1.54, 1.807) is 0 Å². The number of carbonyl (C=O) groups excluding carboxylic acids is 1. The van der Waals surface area contributed by atoms with Gasteiger partial charge in [-0.05, 0) is 136 Å². The number of hydrogen-bond donors (Lipinski definition) is 0. The van der Waals surface area contributed by atoms with Gasteiger partial charge in [0.15, 0.2) is 0 Å². The first-order chi connectivity index (χ1) is 35.4. The van der Waals surface area contributed by atoms with E-state index in [2.05, 4.69) is 351 Å². The van der Waals surface area contributed by atoms with Crippen LogP contribution < -0.4 is 0 Å². The van der Waals surface area contributed by atoms with Gasteiger partial charge in [-0.2, -0.15) is 0 Å². The third-order valence-electron chi connectivity index (χ3n) is 19.6. The number of Topliss-reactive ketones (excluding diaryl/α,β-unsaturated/α-hetero) is 1. The van der Waals surface area contributed by atoms with E-state index in [0.29, 0.717) is 65.9 Å². The van der Waals surface area contributed by atoms with Crippen molar-refractivity contribution in [2.45, 2.75) is 361 Å². The number of ether oxygens (including phenoxy) is 1. The van der Waals surface area contributed by atoms with Gasteiger partial charge in [0.2, 0.25) is 0 Å². The summed E-state index contributed by atoms with van der Waals surface area (Å²) in [5.41, 5.74) is 6.95. The van der Waals surface area contributed by atoms with Crippen LogP contribution in [0.5, 0.6) is 0 Å². The molecular weight excluding hydrogens is 1000 g/mol. The van der Waals surface area contributed by atoms with Crippen molar-refractivity contribution in [1.29, 1.82) is 0 Å². The third kappa shape index (κ3) is 32.2. The molecule has 0 unspecified atom stereocenters. The average molecular weight is 1160 g/mol. The molecule has 0 aliphatic heterocycles. The maximum absolute atomic E-state index is 11.5. The third-order valence-corrected chi connectivity index (χ3v) is 19.6. The van der Waals surface area contributed by atoms with Gasteiger partial charge in [0.1, 0.15) is 5.78 Å². The van der Waals surface area contributed by atoms with Crippen LogP contribution in [0.15, 0.2) is 60.7 Å². The van der Waals surface area contributed by atoms with Gasteiger partial charge in [-0.1, -0.05) is 351 Å². The first-order valence-corrected chi connectivity index (χ1v) is 32.8. The van der Waals surface area contributed by atoms with Gasteiger partial charge in [-0.3, -0.25) is 4.79 Å². The molecule has 2 heteroatoms. The van der Waals surface area contributed by atoms with Gasteiger partial charge in [0, 0.05) is 16.2 Å². The van der Waals surface area contributed by atoms with Crippen molar-refractivity contribution in [3.05, 3.63) is 71.8 Å². The predicted molar refractivity (Wildman–Crippen MR) is 383 cm³/mol. The minimum atomic E-state index is -0.196. The number of carbonyl (C=O) groups is 1. The van der Waals surface area contributed by atoms with Crippen LogP contribution in [-0.2, 0) is 14.9 Å². The summed E-state index contributed by atoms with van der Waals surface area (Å²) in [6, 6.07) is 21.8. The van der Waals surface area contributed by atoms with Crippen molar-refractivity contribution in [3.8, 4) is 0 Å². The largest absolute Gasteiger partial charge is 0.370 e. The van der Waals surface area contributed by atoms with Crippen molar-refractivity contribution < 1.29 is 9.53 Å². The van der Waals surface area contributed by atoms with E-state index < -0.39 is 0 Å². The Hall–Kier alpha value is -1.93. The van der Waals surface area contributed by atoms with Crippen LogP contribution in [0.3, 0.4) is 0 Å². The molecule has 2 aromatic carbocycles. The van der Waals surface area contributed by atoms with E-state index in [9.17, 15) is 4.79 Å². The fraction of sp³-hybridized carbons (Fsp3) is 0.840. The van der Waals surface area contributed by atoms with E-state index in [4.69, 9.17) is 4.74 Å². The van der Waals surface area contributed by atoms with E-state index in [-0.39, 0.29) is 38.3 Å². The lowest BCUT2D eigenvalue weighted by Gasteiger charge is -2.52. The molecule has 0 bridgehead atoms. The molecule has 2 aromatic rings. The second kappa shape index (κ2) is 31.0. The maximum atomic E-state index is 11.5. The minimum absolute atomic E-state index is 0.0156. The highest BCUT2D eigenvalue weighted by molar-refractivity contribution is 5.88. The zero-order valence-corrected chi connectivity index (χ0v) is 66.5. The highest BCUT2D eigenvalue weighted by atomic mass is 16.5. The summed E-state index contributed by atoms with van der Waals surface area (Å²) in [7, 11) is 0. The second-order valence-corrected chi connectivity index (χ2v) is 40.5. The van der Waals surface area contributed by atoms with Gasteiger partial charge in [0.25, 0.3) is 0 Å². The summed E-state index contributed by atoms with van der Waals surface area (Å²) in [5.74, 6) is 1.67. The van der Waals surface area contributed by atoms with Gasteiger partial charge >= 0.3 is 0 Å². The Morgan fingerprint density at radius 3 is 0.711 bits per heavy atom. The zero-order valence-electron chi connectivity index (χ0n) is 66.5. The van der Waals surface area contributed by atoms with Crippen LogP contribution in [-0.4, -0.2) is 17.0 Å². The zero-order chi connectivity index (χ0) is 68.9. The minimum Gasteiger partial charge on any atom is -0.370 e. The topological polar surface area (TPSA) is 26.3 Å². The lowest BCUT2D eigenvalue weighted by Crippen LogP contribution is -2.47. The molecule has 2 rings (SSSR count). The standard InChI is InChI=1S/C16H26.C15H24.C12H26.C11H24.C10H22.C9H18O.C8H18O/c1-14(2,3)16(7,15(4,5)6)13-11-9-8-10-12-13;1-14(2,3)13(15(4,5)6)12-10-8-7-9-11-12;1-9-12(8,10(2,3)4)11(5,6)7;1-9(2,3)11(7,8)10(4,5)6;1-8(9(2,3)4)10(5,6)7;1-8(2,3)7(10)9(4,5)6;1-7(2,3)9-8(4,5)6/h8-12H,1-7H3;7-11,13H,1-6H3;9H2,1-8H3;1-8H3;8H,1-7H3;1-6H3;1-6H3. The second-order valence-electron chi connectivity index (χ2n) is 40.5. The van der Waals surface area contributed by atoms with Crippen LogP contribution in [0.2, 0.25) is 0 Å². The predicted octanol–water partition coefficient (Wildman–Crippen LogP) is 27.5. The molecule has 0 N–H and O–H groups in total. The Kier molecular flexibility index (Phi) is 33.6. The molecule has 83 heavy (non-hydrogen) atoms. The molecule has 0 aliphatic carbocycles. The van der Waals surface area contributed by atoms with Crippen LogP contribution in [0, 0.1) is 81.7 Å². The fourth-order valence-corrected chi connectivity index (χ4v) is 12.4. The van der Waals surface area contributed by atoms with E-state index >= 15 is 0 Å². The van der Waals surface area contributed by atoms with Gasteiger partial charge in [0.05, 0.1) is 11.2 Å². The lowest BCUT2D eigenvalue weighted by atomic mass is 9.52. The summed E-state index contributed by atoms with van der Waals surface area (Å²) >= 11 is 0. The number of ketones is 1. The summed E-state index contributed by atoms with van der Waals surface area (Å²) in [5, 5.41) is 0. The van der Waals surface area contributed by atoms with Crippen molar-refractivity contribution in [1.82, 2.24) is 0 Å². The molecule has 0 spiro atoms. The Bertz CT molecular complexity index is 1940.